The topological polar surface area (TPSA) is 142 Å². The molecule has 4 aliphatic rings. The molecular formula is C26H25ClF3N3O6S. The first-order valence-electron chi connectivity index (χ1n) is 12.6. The molecular weight excluding hydrogens is 575 g/mol. The second kappa shape index (κ2) is 10.3. The van der Waals surface area contributed by atoms with E-state index in [0.29, 0.717) is 25.0 Å². The van der Waals surface area contributed by atoms with E-state index in [1.54, 1.807) is 0 Å². The minimum absolute atomic E-state index is 0.0682. The zero-order valence-corrected chi connectivity index (χ0v) is 22.4. The highest BCUT2D eigenvalue weighted by molar-refractivity contribution is 7.92. The molecule has 4 fully saturated rings. The zero-order chi connectivity index (χ0) is 29.0. The monoisotopic (exact) mass is 599 g/mol. The van der Waals surface area contributed by atoms with E-state index in [1.807, 2.05) is 0 Å². The van der Waals surface area contributed by atoms with E-state index >= 15 is 0 Å². The Hall–Kier alpha value is -3.16. The van der Waals surface area contributed by atoms with Crippen molar-refractivity contribution in [1.29, 1.82) is 0 Å². The van der Waals surface area contributed by atoms with Gasteiger partial charge in [0.1, 0.15) is 6.04 Å². The highest BCUT2D eigenvalue weighted by Crippen LogP contribution is 2.55. The molecule has 6 rings (SSSR count). The van der Waals surface area contributed by atoms with Gasteiger partial charge in [0.2, 0.25) is 11.8 Å². The molecule has 2 unspecified atom stereocenters. The van der Waals surface area contributed by atoms with Crippen LogP contribution >= 0.6 is 11.6 Å². The third kappa shape index (κ3) is 5.06. The first kappa shape index (κ1) is 28.4. The van der Waals surface area contributed by atoms with Crippen LogP contribution in [0.3, 0.4) is 0 Å². The summed E-state index contributed by atoms with van der Waals surface area (Å²) >= 11 is 6.21. The van der Waals surface area contributed by atoms with E-state index in [9.17, 15) is 41.1 Å². The number of nitrogens with one attached hydrogen (secondary N) is 3. The van der Waals surface area contributed by atoms with E-state index in [4.69, 9.17) is 11.6 Å². The Labute approximate surface area is 232 Å². The minimum Gasteiger partial charge on any atom is -0.387 e. The molecule has 4 N–H and O–H groups in total. The number of benzene rings is 2. The Morgan fingerprint density at radius 2 is 1.73 bits per heavy atom. The van der Waals surface area contributed by atoms with Crippen LogP contribution in [0.15, 0.2) is 35.2 Å². The summed E-state index contributed by atoms with van der Waals surface area (Å²) in [4.78, 5) is 36.1. The Kier molecular flexibility index (Phi) is 7.34. The second-order valence-electron chi connectivity index (χ2n) is 10.5. The average Bonchev–Trinajstić information content (AvgIpc) is 3.36. The smallest absolute Gasteiger partial charge is 0.255 e. The maximum absolute atomic E-state index is 13.6. The Morgan fingerprint density at radius 1 is 1.07 bits per heavy atom. The van der Waals surface area contributed by atoms with Gasteiger partial charge in [-0.2, -0.15) is 0 Å². The van der Waals surface area contributed by atoms with Crippen LogP contribution in [0.25, 0.3) is 0 Å². The summed E-state index contributed by atoms with van der Waals surface area (Å²) in [5.41, 5.74) is -1.81. The molecule has 9 nitrogen and oxygen atoms in total. The number of hydrogen-bond acceptors (Lipinski definition) is 6. The summed E-state index contributed by atoms with van der Waals surface area (Å²) in [6, 6.07) is 4.03. The molecule has 3 amide bonds. The van der Waals surface area contributed by atoms with Crippen LogP contribution in [0.5, 0.6) is 0 Å². The van der Waals surface area contributed by atoms with E-state index in [1.165, 1.54) is 12.1 Å². The minimum atomic E-state index is -4.07. The average molecular weight is 600 g/mol. The van der Waals surface area contributed by atoms with E-state index < -0.39 is 67.8 Å². The van der Waals surface area contributed by atoms with E-state index in [2.05, 4.69) is 16.0 Å². The molecule has 0 aromatic heterocycles. The zero-order valence-electron chi connectivity index (χ0n) is 20.8. The predicted octanol–water partition coefficient (Wildman–Crippen LogP) is 2.71. The SMILES string of the molecule is O=C1CC[C@H](C(=O)NC[C@]2(O)C3CC2C[C@@H](S(=O)(=O)c2cc(C(=O)Nc4cc(F)c(F)c(F)c4)ccc2Cl)C3)N1. The Balaban J connectivity index is 1.27. The summed E-state index contributed by atoms with van der Waals surface area (Å²) in [6.07, 6.45) is 1.41. The number of amides is 3. The Morgan fingerprint density at radius 3 is 2.33 bits per heavy atom. The number of carbonyl (C=O) groups excluding carboxylic acids is 3. The molecule has 1 aliphatic heterocycles. The van der Waals surface area contributed by atoms with Crippen molar-refractivity contribution >= 4 is 44.8 Å². The van der Waals surface area contributed by atoms with E-state index in [0.717, 1.165) is 6.07 Å². The van der Waals surface area contributed by atoms with Crippen molar-refractivity contribution in [3.05, 3.63) is 58.4 Å². The molecule has 1 saturated heterocycles. The lowest BCUT2D eigenvalue weighted by Gasteiger charge is -2.58. The van der Waals surface area contributed by atoms with Crippen molar-refractivity contribution in [1.82, 2.24) is 10.6 Å². The van der Waals surface area contributed by atoms with Gasteiger partial charge in [-0.25, -0.2) is 21.6 Å². The van der Waals surface area contributed by atoms with Gasteiger partial charge in [-0.3, -0.25) is 14.4 Å². The fraction of sp³-hybridized carbons (Fsp3) is 0.423. The van der Waals surface area contributed by atoms with Crippen molar-refractivity contribution in [2.75, 3.05) is 11.9 Å². The molecule has 2 aromatic carbocycles. The number of sulfone groups is 1. The number of anilines is 1. The molecule has 1 heterocycles. The van der Waals surface area contributed by atoms with Gasteiger partial charge < -0.3 is 21.1 Å². The largest absolute Gasteiger partial charge is 0.387 e. The van der Waals surface area contributed by atoms with Crippen LogP contribution < -0.4 is 16.0 Å². The molecule has 2 bridgehead atoms. The number of aliphatic hydroxyl groups is 1. The standard InChI is InChI=1S/C26H25ClF3N3O6S/c27-17-2-1-12(24(35)32-15-9-18(28)23(30)19(29)10-15)5-21(17)40(38,39)16-7-13-6-14(8-16)26(13,37)11-31-25(36)20-3-4-22(34)33-20/h1-2,5,9-10,13-14,16,20,37H,3-4,6-8,11H2,(H,31,36)(H,32,35)(H,33,34)/t13?,14?,16-,20-,26-/m1/s1. The van der Waals surface area contributed by atoms with Gasteiger partial charge in [-0.1, -0.05) is 11.6 Å². The fourth-order valence-corrected chi connectivity index (χ4v) is 8.24. The first-order valence-corrected chi connectivity index (χ1v) is 14.5. The van der Waals surface area contributed by atoms with Gasteiger partial charge in [0.15, 0.2) is 27.3 Å². The maximum atomic E-state index is 13.6. The van der Waals surface area contributed by atoms with Gasteiger partial charge in [-0.05, 0) is 55.7 Å². The molecule has 3 saturated carbocycles. The van der Waals surface area contributed by atoms with Crippen LogP contribution in [0.4, 0.5) is 18.9 Å². The molecule has 0 spiro atoms. The van der Waals surface area contributed by atoms with Crippen molar-refractivity contribution in [2.45, 2.75) is 53.9 Å². The molecule has 214 valence electrons. The third-order valence-electron chi connectivity index (χ3n) is 8.12. The molecule has 40 heavy (non-hydrogen) atoms. The fourth-order valence-electron chi connectivity index (χ4n) is 5.83. The summed E-state index contributed by atoms with van der Waals surface area (Å²) < 4.78 is 67.4. The van der Waals surface area contributed by atoms with Crippen molar-refractivity contribution in [3.8, 4) is 0 Å². The predicted molar refractivity (Wildman–Crippen MR) is 137 cm³/mol. The lowest BCUT2D eigenvalue weighted by atomic mass is 9.53. The number of halogens is 4. The van der Waals surface area contributed by atoms with Crippen molar-refractivity contribution in [2.24, 2.45) is 11.8 Å². The number of fused-ring (bicyclic) bond motifs is 2. The molecule has 0 radical (unpaired) electrons. The first-order chi connectivity index (χ1) is 18.8. The van der Waals surface area contributed by atoms with Crippen LogP contribution in [0.2, 0.25) is 5.02 Å². The summed E-state index contributed by atoms with van der Waals surface area (Å²) in [5.74, 6) is -7.03. The summed E-state index contributed by atoms with van der Waals surface area (Å²) in [7, 11) is -4.07. The summed E-state index contributed by atoms with van der Waals surface area (Å²) in [6.45, 7) is -0.0682. The lowest BCUT2D eigenvalue weighted by Crippen LogP contribution is -2.66. The van der Waals surface area contributed by atoms with Crippen LogP contribution in [-0.4, -0.2) is 54.7 Å². The van der Waals surface area contributed by atoms with Gasteiger partial charge in [0.25, 0.3) is 5.91 Å². The maximum Gasteiger partial charge on any atom is 0.255 e. The number of carbonyl (C=O) groups is 3. The molecule has 14 heteroatoms. The highest BCUT2D eigenvalue weighted by atomic mass is 35.5. The normalized spacial score (nSPS) is 27.5. The van der Waals surface area contributed by atoms with Gasteiger partial charge in [0, 0.05) is 36.3 Å². The van der Waals surface area contributed by atoms with Crippen molar-refractivity contribution < 1.29 is 41.1 Å². The molecule has 3 atom stereocenters. The van der Waals surface area contributed by atoms with Crippen LogP contribution in [0.1, 0.15) is 42.5 Å². The van der Waals surface area contributed by atoms with Crippen LogP contribution in [-0.2, 0) is 19.4 Å². The van der Waals surface area contributed by atoms with Crippen molar-refractivity contribution in [3.63, 3.8) is 0 Å². The van der Waals surface area contributed by atoms with Gasteiger partial charge in [0.05, 0.1) is 20.8 Å². The lowest BCUT2D eigenvalue weighted by molar-refractivity contribution is -0.174. The number of rotatable bonds is 7. The third-order valence-corrected chi connectivity index (χ3v) is 10.8. The van der Waals surface area contributed by atoms with E-state index in [-0.39, 0.29) is 52.9 Å². The quantitative estimate of drug-likeness (QED) is 0.361. The number of hydrogen-bond donors (Lipinski definition) is 4. The second-order valence-corrected chi connectivity index (χ2v) is 13.1. The molecule has 3 aliphatic carbocycles. The van der Waals surface area contributed by atoms with Crippen LogP contribution in [0, 0.1) is 29.3 Å². The molecule has 2 aromatic rings. The Bertz CT molecular complexity index is 1490. The highest BCUT2D eigenvalue weighted by Gasteiger charge is 2.60. The summed E-state index contributed by atoms with van der Waals surface area (Å²) in [5, 5.41) is 17.6. The van der Waals surface area contributed by atoms with Gasteiger partial charge in [-0.15, -0.1) is 0 Å². The van der Waals surface area contributed by atoms with Gasteiger partial charge >= 0.3 is 0 Å².